The summed E-state index contributed by atoms with van der Waals surface area (Å²) in [7, 11) is -3.29. The number of unbranched alkanes of at least 4 members (excludes halogenated alkanes) is 2. The summed E-state index contributed by atoms with van der Waals surface area (Å²) in [5.74, 6) is 0. The molecule has 0 amide bonds. The van der Waals surface area contributed by atoms with Crippen LogP contribution in [0.2, 0.25) is 0 Å². The van der Waals surface area contributed by atoms with Gasteiger partial charge in [0.1, 0.15) is 0 Å². The van der Waals surface area contributed by atoms with E-state index in [-0.39, 0.29) is 6.04 Å². The van der Waals surface area contributed by atoms with E-state index in [0.717, 1.165) is 19.3 Å². The van der Waals surface area contributed by atoms with E-state index < -0.39 is 10.2 Å². The first-order chi connectivity index (χ1) is 6.64. The predicted molar refractivity (Wildman–Crippen MR) is 52.5 cm³/mol. The molecule has 0 heterocycles. The Kier molecular flexibility index (Phi) is 4.32. The van der Waals surface area contributed by atoms with Gasteiger partial charge in [-0.15, -0.1) is 0 Å². The third kappa shape index (κ3) is 5.17. The zero-order valence-electron chi connectivity index (χ0n) is 7.99. The van der Waals surface area contributed by atoms with Gasteiger partial charge in [-0.25, -0.2) is 4.72 Å². The molecule has 14 heavy (non-hydrogen) atoms. The number of nitrogens with zero attached hydrogens (tertiary/aromatic N) is 1. The molecule has 1 saturated carbocycles. The van der Waals surface area contributed by atoms with Crippen LogP contribution in [0.25, 0.3) is 0 Å². The lowest BCUT2D eigenvalue weighted by Gasteiger charge is -2.05. The second-order valence-corrected chi connectivity index (χ2v) is 4.94. The Hall–Kier alpha value is -0.640. The first-order valence-electron chi connectivity index (χ1n) is 4.78. The average Bonchev–Trinajstić information content (AvgIpc) is 2.87. The molecule has 1 aliphatic rings. The highest BCUT2D eigenvalue weighted by Gasteiger charge is 2.26. The maximum atomic E-state index is 11.2. The molecular weight excluding hydrogens is 202 g/mol. The van der Waals surface area contributed by atoms with E-state index in [1.54, 1.807) is 0 Å². The summed E-state index contributed by atoms with van der Waals surface area (Å²) < 4.78 is 27.4. The Labute approximate surface area is 84.7 Å². The zero-order valence-corrected chi connectivity index (χ0v) is 8.81. The summed E-state index contributed by atoms with van der Waals surface area (Å²) >= 11 is 0. The molecule has 0 bridgehead atoms. The van der Waals surface area contributed by atoms with E-state index in [9.17, 15) is 8.42 Å². The Balaban J connectivity index is 2.07. The lowest BCUT2D eigenvalue weighted by atomic mass is 10.2. The van der Waals surface area contributed by atoms with Crippen molar-refractivity contribution in [2.45, 2.75) is 38.1 Å². The van der Waals surface area contributed by atoms with Crippen molar-refractivity contribution in [1.82, 2.24) is 9.44 Å². The van der Waals surface area contributed by atoms with Crippen molar-refractivity contribution in [1.29, 1.82) is 5.26 Å². The number of nitrogens with one attached hydrogen (secondary N) is 2. The van der Waals surface area contributed by atoms with Crippen LogP contribution >= 0.6 is 0 Å². The van der Waals surface area contributed by atoms with Gasteiger partial charge in [0.15, 0.2) is 0 Å². The standard InChI is InChI=1S/C8H15N3O2S/c9-6-2-1-3-7-10-14(12,13)11-8-4-5-8/h8,10-11H,1-5,7H2. The smallest absolute Gasteiger partial charge is 0.202 e. The monoisotopic (exact) mass is 217 g/mol. The molecule has 0 aromatic carbocycles. The predicted octanol–water partition coefficient (Wildman–Crippen LogP) is 0.267. The second kappa shape index (κ2) is 5.29. The second-order valence-electron chi connectivity index (χ2n) is 3.41. The van der Waals surface area contributed by atoms with Crippen LogP contribution in [0.5, 0.6) is 0 Å². The van der Waals surface area contributed by atoms with Gasteiger partial charge in [-0.2, -0.15) is 18.4 Å². The summed E-state index contributed by atoms with van der Waals surface area (Å²) in [5.41, 5.74) is 0. The maximum Gasteiger partial charge on any atom is 0.277 e. The van der Waals surface area contributed by atoms with E-state index >= 15 is 0 Å². The molecular formula is C8H15N3O2S. The lowest BCUT2D eigenvalue weighted by Crippen LogP contribution is -2.38. The molecule has 5 nitrogen and oxygen atoms in total. The lowest BCUT2D eigenvalue weighted by molar-refractivity contribution is 0.562. The summed E-state index contributed by atoms with van der Waals surface area (Å²) in [6.45, 7) is 0.406. The van der Waals surface area contributed by atoms with Crippen LogP contribution in [0.4, 0.5) is 0 Å². The molecule has 1 aliphatic carbocycles. The van der Waals surface area contributed by atoms with Crippen molar-refractivity contribution < 1.29 is 8.42 Å². The fourth-order valence-corrected chi connectivity index (χ4v) is 2.17. The molecule has 0 radical (unpaired) electrons. The third-order valence-corrected chi connectivity index (χ3v) is 3.13. The zero-order chi connectivity index (χ0) is 10.4. The first kappa shape index (κ1) is 11.4. The third-order valence-electron chi connectivity index (χ3n) is 1.91. The van der Waals surface area contributed by atoms with Crippen molar-refractivity contribution in [2.75, 3.05) is 6.54 Å². The Morgan fingerprint density at radius 1 is 1.36 bits per heavy atom. The van der Waals surface area contributed by atoms with Crippen molar-refractivity contribution in [3.63, 3.8) is 0 Å². The Morgan fingerprint density at radius 3 is 2.64 bits per heavy atom. The van der Waals surface area contributed by atoms with Gasteiger partial charge in [0.2, 0.25) is 0 Å². The molecule has 0 unspecified atom stereocenters. The fraction of sp³-hybridized carbons (Fsp3) is 0.875. The molecule has 2 N–H and O–H groups in total. The number of rotatable bonds is 7. The molecule has 80 valence electrons. The topological polar surface area (TPSA) is 82.0 Å². The molecule has 0 atom stereocenters. The molecule has 0 spiro atoms. The minimum absolute atomic E-state index is 0.145. The van der Waals surface area contributed by atoms with Crippen molar-refractivity contribution in [3.05, 3.63) is 0 Å². The van der Waals surface area contributed by atoms with Crippen LogP contribution in [0.3, 0.4) is 0 Å². The van der Waals surface area contributed by atoms with Crippen LogP contribution < -0.4 is 9.44 Å². The highest BCUT2D eigenvalue weighted by Crippen LogP contribution is 2.19. The summed E-state index contributed by atoms with van der Waals surface area (Å²) in [5, 5.41) is 8.25. The van der Waals surface area contributed by atoms with Crippen molar-refractivity contribution in [2.24, 2.45) is 0 Å². The van der Waals surface area contributed by atoms with Crippen LogP contribution in [0, 0.1) is 11.3 Å². The molecule has 0 aromatic heterocycles. The normalized spacial score (nSPS) is 16.5. The number of hydrogen-bond donors (Lipinski definition) is 2. The van der Waals surface area contributed by atoms with Crippen molar-refractivity contribution in [3.8, 4) is 6.07 Å². The molecule has 0 aromatic rings. The quantitative estimate of drug-likeness (QED) is 0.600. The largest absolute Gasteiger partial charge is 0.277 e. The van der Waals surface area contributed by atoms with Gasteiger partial charge in [0, 0.05) is 19.0 Å². The Morgan fingerprint density at radius 2 is 2.07 bits per heavy atom. The van der Waals surface area contributed by atoms with E-state index in [1.807, 2.05) is 6.07 Å². The van der Waals surface area contributed by atoms with E-state index in [1.165, 1.54) is 0 Å². The molecule has 1 fully saturated rings. The van der Waals surface area contributed by atoms with E-state index in [0.29, 0.717) is 19.4 Å². The van der Waals surface area contributed by atoms with Crippen molar-refractivity contribution >= 4 is 10.2 Å². The van der Waals surface area contributed by atoms with Gasteiger partial charge in [-0.1, -0.05) is 0 Å². The SMILES string of the molecule is N#CCCCCNS(=O)(=O)NC1CC1. The average molecular weight is 217 g/mol. The first-order valence-corrected chi connectivity index (χ1v) is 6.26. The minimum Gasteiger partial charge on any atom is -0.202 e. The van der Waals surface area contributed by atoms with Gasteiger partial charge in [0.05, 0.1) is 6.07 Å². The summed E-state index contributed by atoms with van der Waals surface area (Å²) in [6.07, 6.45) is 3.81. The van der Waals surface area contributed by atoms with E-state index in [2.05, 4.69) is 9.44 Å². The summed E-state index contributed by atoms with van der Waals surface area (Å²) in [4.78, 5) is 0. The highest BCUT2D eigenvalue weighted by molar-refractivity contribution is 7.87. The van der Waals surface area contributed by atoms with Crippen LogP contribution in [0.1, 0.15) is 32.1 Å². The van der Waals surface area contributed by atoms with Gasteiger partial charge in [-0.3, -0.25) is 0 Å². The van der Waals surface area contributed by atoms with Gasteiger partial charge < -0.3 is 0 Å². The van der Waals surface area contributed by atoms with E-state index in [4.69, 9.17) is 5.26 Å². The minimum atomic E-state index is -3.29. The van der Waals surface area contributed by atoms with Crippen LogP contribution in [-0.4, -0.2) is 21.0 Å². The fourth-order valence-electron chi connectivity index (χ4n) is 0.998. The molecule has 6 heteroatoms. The van der Waals surface area contributed by atoms with Crippen LogP contribution in [0.15, 0.2) is 0 Å². The molecule has 0 saturated heterocycles. The number of hydrogen-bond acceptors (Lipinski definition) is 3. The molecule has 1 rings (SSSR count). The van der Waals surface area contributed by atoms with Crippen LogP contribution in [-0.2, 0) is 10.2 Å². The van der Waals surface area contributed by atoms with Gasteiger partial charge >= 0.3 is 0 Å². The number of nitriles is 1. The molecule has 0 aliphatic heterocycles. The van der Waals surface area contributed by atoms with Gasteiger partial charge in [-0.05, 0) is 25.7 Å². The maximum absolute atomic E-state index is 11.2. The highest BCUT2D eigenvalue weighted by atomic mass is 32.2. The Bertz CT molecular complexity index is 303. The summed E-state index contributed by atoms with van der Waals surface area (Å²) in [6, 6.07) is 2.16. The van der Waals surface area contributed by atoms with Gasteiger partial charge in [0.25, 0.3) is 10.2 Å².